The van der Waals surface area contributed by atoms with E-state index < -0.39 is 6.10 Å². The van der Waals surface area contributed by atoms with Crippen molar-refractivity contribution in [1.29, 1.82) is 0 Å². The van der Waals surface area contributed by atoms with Crippen LogP contribution in [0.2, 0.25) is 0 Å². The number of allylic oxidation sites excluding steroid dienone is 12. The van der Waals surface area contributed by atoms with E-state index >= 15 is 0 Å². The summed E-state index contributed by atoms with van der Waals surface area (Å²) in [7, 11) is 0. The number of rotatable bonds is 66. The molecule has 6 heteroatoms. The second kappa shape index (κ2) is 70.3. The predicted octanol–water partition coefficient (Wildman–Crippen LogP) is 24.8. The summed E-state index contributed by atoms with van der Waals surface area (Å²) in [4.78, 5) is 38.5. The van der Waals surface area contributed by atoms with Crippen molar-refractivity contribution in [3.05, 3.63) is 72.9 Å². The largest absolute Gasteiger partial charge is 0.462 e. The zero-order valence-corrected chi connectivity index (χ0v) is 54.8. The second-order valence-corrected chi connectivity index (χ2v) is 24.1. The summed E-state index contributed by atoms with van der Waals surface area (Å²) in [6.07, 6.45) is 92.3. The van der Waals surface area contributed by atoms with Crippen molar-refractivity contribution in [1.82, 2.24) is 0 Å². The van der Waals surface area contributed by atoms with Crippen molar-refractivity contribution in [3.8, 4) is 0 Å². The van der Waals surface area contributed by atoms with E-state index in [4.69, 9.17) is 14.2 Å². The number of hydrogen-bond donors (Lipinski definition) is 0. The van der Waals surface area contributed by atoms with Gasteiger partial charge >= 0.3 is 17.9 Å². The molecule has 1 atom stereocenters. The molecule has 1 unspecified atom stereocenters. The molecule has 0 N–H and O–H groups in total. The van der Waals surface area contributed by atoms with E-state index in [2.05, 4.69) is 93.7 Å². The maximum absolute atomic E-state index is 13.0. The number of carbonyl (C=O) groups is 3. The number of unbranched alkanes of at least 4 members (excludes halogenated alkanes) is 43. The molecule has 6 nitrogen and oxygen atoms in total. The van der Waals surface area contributed by atoms with Gasteiger partial charge in [-0.05, 0) is 89.9 Å². The Morgan fingerprint density at radius 1 is 0.256 bits per heavy atom. The predicted molar refractivity (Wildman–Crippen MR) is 358 cm³/mol. The SMILES string of the molecule is CC/C=C\C/C=C\C/C=C\C/C=C\CCCCC(=O)OCC(COC(=O)CCCCCCCCCCCCCCC/C=C\C/C=C\CCCCCCC)OC(=O)CCCCCCCCCCCCCCCCCCCCCCCCCC. The molecule has 0 heterocycles. The van der Waals surface area contributed by atoms with E-state index in [-0.39, 0.29) is 31.1 Å². The normalized spacial score (nSPS) is 12.5. The topological polar surface area (TPSA) is 78.9 Å². The molecule has 0 spiro atoms. The summed E-state index contributed by atoms with van der Waals surface area (Å²) >= 11 is 0. The summed E-state index contributed by atoms with van der Waals surface area (Å²) < 4.78 is 17.0. The zero-order chi connectivity index (χ0) is 59.2. The lowest BCUT2D eigenvalue weighted by molar-refractivity contribution is -0.167. The van der Waals surface area contributed by atoms with Gasteiger partial charge in [0.1, 0.15) is 13.2 Å². The van der Waals surface area contributed by atoms with Crippen molar-refractivity contribution in [2.24, 2.45) is 0 Å². The Bertz CT molecular complexity index is 1500. The third-order valence-electron chi connectivity index (χ3n) is 15.9. The van der Waals surface area contributed by atoms with Gasteiger partial charge in [0.25, 0.3) is 0 Å². The van der Waals surface area contributed by atoms with Gasteiger partial charge in [0.2, 0.25) is 0 Å². The van der Waals surface area contributed by atoms with Crippen molar-refractivity contribution in [2.45, 2.75) is 380 Å². The van der Waals surface area contributed by atoms with E-state index in [1.165, 1.54) is 244 Å². The highest BCUT2D eigenvalue weighted by atomic mass is 16.6. The van der Waals surface area contributed by atoms with Crippen molar-refractivity contribution in [2.75, 3.05) is 13.2 Å². The maximum Gasteiger partial charge on any atom is 0.306 e. The van der Waals surface area contributed by atoms with E-state index in [1.807, 2.05) is 0 Å². The summed E-state index contributed by atoms with van der Waals surface area (Å²) in [6, 6.07) is 0. The average Bonchev–Trinajstić information content (AvgIpc) is 3.48. The maximum atomic E-state index is 13.0. The van der Waals surface area contributed by atoms with Crippen LogP contribution in [-0.4, -0.2) is 37.2 Å². The number of carbonyl (C=O) groups excluding carboxylic acids is 3. The minimum Gasteiger partial charge on any atom is -0.462 e. The van der Waals surface area contributed by atoms with Crippen LogP contribution in [0, 0.1) is 0 Å². The fourth-order valence-corrected chi connectivity index (χ4v) is 10.6. The van der Waals surface area contributed by atoms with E-state index in [0.29, 0.717) is 19.3 Å². The molecule has 0 aromatic heterocycles. The molecule has 0 rings (SSSR count). The van der Waals surface area contributed by atoms with Crippen molar-refractivity contribution in [3.63, 3.8) is 0 Å². The van der Waals surface area contributed by atoms with Gasteiger partial charge in [0, 0.05) is 19.3 Å². The molecule has 476 valence electrons. The van der Waals surface area contributed by atoms with Crippen LogP contribution in [0.25, 0.3) is 0 Å². The lowest BCUT2D eigenvalue weighted by atomic mass is 10.0. The van der Waals surface area contributed by atoms with Gasteiger partial charge in [-0.3, -0.25) is 14.4 Å². The molecule has 0 saturated heterocycles. The molecule has 82 heavy (non-hydrogen) atoms. The fourth-order valence-electron chi connectivity index (χ4n) is 10.6. The first kappa shape index (κ1) is 78.8. The lowest BCUT2D eigenvalue weighted by Gasteiger charge is -2.18. The van der Waals surface area contributed by atoms with E-state index in [0.717, 1.165) is 89.9 Å². The quantitative estimate of drug-likeness (QED) is 0.0261. The first-order valence-electron chi connectivity index (χ1n) is 35.9. The van der Waals surface area contributed by atoms with Gasteiger partial charge in [-0.1, -0.05) is 338 Å². The van der Waals surface area contributed by atoms with Crippen molar-refractivity contribution < 1.29 is 28.6 Å². The van der Waals surface area contributed by atoms with Crippen LogP contribution in [0.1, 0.15) is 374 Å². The molecule has 0 aliphatic carbocycles. The monoisotopic (exact) mass is 1150 g/mol. The second-order valence-electron chi connectivity index (χ2n) is 24.1. The standard InChI is InChI=1S/C76H136O6/c1-4-7-10-13-16-19-22-25-28-30-32-34-36-38-40-41-43-45-48-51-54-57-60-63-66-69-75(78)81-72-73(71-80-74(77)68-65-62-59-56-53-50-47-27-24-21-18-15-12-9-6-3)82-76(79)70-67-64-61-58-55-52-49-46-44-42-39-37-35-33-31-29-26-23-20-17-14-11-8-5-2/h9,12,18,21-22,25,27,30,32,47,53,56,73H,4-8,10-11,13-17,19-20,23-24,26,28-29,31,33-46,48-52,54-55,57-72H2,1-3H3/b12-9-,21-18-,25-22-,32-30-,47-27-,56-53-. The van der Waals surface area contributed by atoms with Gasteiger partial charge < -0.3 is 14.2 Å². The van der Waals surface area contributed by atoms with Crippen LogP contribution in [0.4, 0.5) is 0 Å². The minimum atomic E-state index is -0.793. The number of esters is 3. The molecular formula is C76H136O6. The molecular weight excluding hydrogens is 1010 g/mol. The minimum absolute atomic E-state index is 0.0854. The fraction of sp³-hybridized carbons (Fsp3) is 0.803. The summed E-state index contributed by atoms with van der Waals surface area (Å²) in [5.74, 6) is -0.907. The Morgan fingerprint density at radius 3 is 0.768 bits per heavy atom. The van der Waals surface area contributed by atoms with Gasteiger partial charge in [-0.15, -0.1) is 0 Å². The van der Waals surface area contributed by atoms with Crippen LogP contribution >= 0.6 is 0 Å². The highest BCUT2D eigenvalue weighted by molar-refractivity contribution is 5.71. The molecule has 0 fully saturated rings. The summed E-state index contributed by atoms with van der Waals surface area (Å²) in [6.45, 7) is 6.54. The highest BCUT2D eigenvalue weighted by Crippen LogP contribution is 2.18. The Hall–Kier alpha value is -3.15. The first-order valence-corrected chi connectivity index (χ1v) is 35.9. The highest BCUT2D eigenvalue weighted by Gasteiger charge is 2.19. The smallest absolute Gasteiger partial charge is 0.306 e. The molecule has 0 aromatic carbocycles. The van der Waals surface area contributed by atoms with Gasteiger partial charge in [-0.2, -0.15) is 0 Å². The number of ether oxygens (including phenoxy) is 3. The number of hydrogen-bond acceptors (Lipinski definition) is 6. The van der Waals surface area contributed by atoms with Crippen LogP contribution in [0.3, 0.4) is 0 Å². The van der Waals surface area contributed by atoms with E-state index in [1.54, 1.807) is 0 Å². The Kier molecular flexibility index (Phi) is 67.6. The molecule has 0 aliphatic heterocycles. The van der Waals surface area contributed by atoms with Crippen LogP contribution in [-0.2, 0) is 28.6 Å². The zero-order valence-electron chi connectivity index (χ0n) is 54.8. The lowest BCUT2D eigenvalue weighted by Crippen LogP contribution is -2.30. The average molecular weight is 1150 g/mol. The first-order chi connectivity index (χ1) is 40.5. The molecule has 0 bridgehead atoms. The Labute approximate surface area is 510 Å². The molecule has 0 aromatic rings. The third-order valence-corrected chi connectivity index (χ3v) is 15.9. The summed E-state index contributed by atoms with van der Waals surface area (Å²) in [5.41, 5.74) is 0. The van der Waals surface area contributed by atoms with Crippen molar-refractivity contribution >= 4 is 17.9 Å². The molecule has 0 radical (unpaired) electrons. The molecule has 0 saturated carbocycles. The van der Waals surface area contributed by atoms with Crippen LogP contribution in [0.5, 0.6) is 0 Å². The summed E-state index contributed by atoms with van der Waals surface area (Å²) in [5, 5.41) is 0. The van der Waals surface area contributed by atoms with Crippen LogP contribution in [0.15, 0.2) is 72.9 Å². The van der Waals surface area contributed by atoms with Gasteiger partial charge in [0.15, 0.2) is 6.10 Å². The Balaban J connectivity index is 4.30. The third kappa shape index (κ3) is 67.6. The van der Waals surface area contributed by atoms with Crippen LogP contribution < -0.4 is 0 Å². The molecule has 0 aliphatic rings. The van der Waals surface area contributed by atoms with Gasteiger partial charge in [0.05, 0.1) is 0 Å². The van der Waals surface area contributed by atoms with E-state index in [9.17, 15) is 14.4 Å². The Morgan fingerprint density at radius 2 is 0.476 bits per heavy atom. The van der Waals surface area contributed by atoms with Gasteiger partial charge in [-0.25, -0.2) is 0 Å². The molecule has 0 amide bonds.